The Bertz CT molecular complexity index is 319. The molecule has 0 aromatic rings. The van der Waals surface area contributed by atoms with E-state index in [0.29, 0.717) is 13.2 Å². The standard InChI is InChI=1S/C13H24O7.2CH4/c1-12(2)16-8-10(18-12)11-9(7-15-5-6-17-14)19-13(3,4)20-11;;/h9-11,14H,5-8H2,1-4H3;2*1H4. The molecule has 0 amide bonds. The fraction of sp³-hybridized carbons (Fsp3) is 1.00. The van der Waals surface area contributed by atoms with Gasteiger partial charge >= 0.3 is 0 Å². The Hall–Kier alpha value is -0.280. The second kappa shape index (κ2) is 8.54. The van der Waals surface area contributed by atoms with Crippen molar-refractivity contribution >= 4 is 0 Å². The van der Waals surface area contributed by atoms with E-state index in [4.69, 9.17) is 28.9 Å². The molecule has 7 nitrogen and oxygen atoms in total. The Labute approximate surface area is 133 Å². The molecule has 2 aliphatic rings. The maximum atomic E-state index is 8.25. The topological polar surface area (TPSA) is 75.6 Å². The van der Waals surface area contributed by atoms with Crippen molar-refractivity contribution in [2.24, 2.45) is 0 Å². The monoisotopic (exact) mass is 324 g/mol. The van der Waals surface area contributed by atoms with Gasteiger partial charge in [0.05, 0.1) is 19.8 Å². The molecule has 2 fully saturated rings. The first kappa shape index (κ1) is 21.7. The largest absolute Gasteiger partial charge is 0.376 e. The summed E-state index contributed by atoms with van der Waals surface area (Å²) in [6.45, 7) is 8.69. The molecule has 0 aromatic carbocycles. The molecule has 2 rings (SSSR count). The molecular weight excluding hydrogens is 292 g/mol. The van der Waals surface area contributed by atoms with Gasteiger partial charge in [0.15, 0.2) is 11.6 Å². The van der Waals surface area contributed by atoms with E-state index in [1.807, 2.05) is 27.7 Å². The highest BCUT2D eigenvalue weighted by Gasteiger charge is 2.49. The van der Waals surface area contributed by atoms with Crippen molar-refractivity contribution < 1.29 is 33.8 Å². The van der Waals surface area contributed by atoms with Gasteiger partial charge in [0.1, 0.15) is 24.9 Å². The van der Waals surface area contributed by atoms with Gasteiger partial charge in [-0.25, -0.2) is 4.89 Å². The maximum absolute atomic E-state index is 8.25. The summed E-state index contributed by atoms with van der Waals surface area (Å²) in [5, 5.41) is 8.25. The van der Waals surface area contributed by atoms with Gasteiger partial charge in [-0.1, -0.05) is 14.9 Å². The van der Waals surface area contributed by atoms with E-state index >= 15 is 0 Å². The lowest BCUT2D eigenvalue weighted by molar-refractivity contribution is -0.250. The highest BCUT2D eigenvalue weighted by molar-refractivity contribution is 4.90. The van der Waals surface area contributed by atoms with Gasteiger partial charge in [0.2, 0.25) is 0 Å². The smallest absolute Gasteiger partial charge is 0.164 e. The summed E-state index contributed by atoms with van der Waals surface area (Å²) in [5.74, 6) is -1.28. The van der Waals surface area contributed by atoms with Gasteiger partial charge in [0, 0.05) is 0 Å². The molecule has 0 saturated carbocycles. The summed E-state index contributed by atoms with van der Waals surface area (Å²) < 4.78 is 28.6. The predicted molar refractivity (Wildman–Crippen MR) is 81.6 cm³/mol. The minimum absolute atomic E-state index is 0. The average molecular weight is 324 g/mol. The molecule has 2 heterocycles. The van der Waals surface area contributed by atoms with Crippen LogP contribution in [-0.4, -0.2) is 61.6 Å². The van der Waals surface area contributed by atoms with Crippen LogP contribution in [-0.2, 0) is 28.6 Å². The van der Waals surface area contributed by atoms with E-state index in [0.717, 1.165) is 0 Å². The van der Waals surface area contributed by atoms with Crippen LogP contribution >= 0.6 is 0 Å². The highest BCUT2D eigenvalue weighted by atomic mass is 17.1. The van der Waals surface area contributed by atoms with Crippen molar-refractivity contribution in [3.05, 3.63) is 0 Å². The lowest BCUT2D eigenvalue weighted by atomic mass is 10.1. The molecule has 0 aromatic heterocycles. The van der Waals surface area contributed by atoms with Gasteiger partial charge in [0.25, 0.3) is 0 Å². The van der Waals surface area contributed by atoms with Crippen LogP contribution in [0.5, 0.6) is 0 Å². The molecule has 1 N–H and O–H groups in total. The maximum Gasteiger partial charge on any atom is 0.164 e. The molecule has 2 saturated heterocycles. The van der Waals surface area contributed by atoms with Crippen molar-refractivity contribution in [1.29, 1.82) is 0 Å². The van der Waals surface area contributed by atoms with Crippen molar-refractivity contribution in [2.45, 2.75) is 72.4 Å². The van der Waals surface area contributed by atoms with Gasteiger partial charge in [-0.15, -0.1) is 0 Å². The van der Waals surface area contributed by atoms with Crippen molar-refractivity contribution in [2.75, 3.05) is 26.4 Å². The Morgan fingerprint density at radius 2 is 1.68 bits per heavy atom. The average Bonchev–Trinajstić information content (AvgIpc) is 2.84. The van der Waals surface area contributed by atoms with E-state index < -0.39 is 11.6 Å². The van der Waals surface area contributed by atoms with E-state index in [-0.39, 0.29) is 46.4 Å². The molecule has 3 atom stereocenters. The Morgan fingerprint density at radius 3 is 2.23 bits per heavy atom. The summed E-state index contributed by atoms with van der Waals surface area (Å²) >= 11 is 0. The number of rotatable bonds is 6. The summed E-state index contributed by atoms with van der Waals surface area (Å²) in [4.78, 5) is 3.96. The van der Waals surface area contributed by atoms with Crippen LogP contribution in [0, 0.1) is 0 Å². The fourth-order valence-electron chi connectivity index (χ4n) is 2.48. The molecule has 22 heavy (non-hydrogen) atoms. The van der Waals surface area contributed by atoms with Crippen LogP contribution in [0.2, 0.25) is 0 Å². The molecule has 2 aliphatic heterocycles. The Kier molecular flexibility index (Phi) is 8.43. The molecule has 0 aliphatic carbocycles. The molecule has 7 heteroatoms. The fourth-order valence-corrected chi connectivity index (χ4v) is 2.48. The first-order chi connectivity index (χ1) is 9.33. The third-order valence-electron chi connectivity index (χ3n) is 3.22. The highest BCUT2D eigenvalue weighted by Crippen LogP contribution is 2.35. The van der Waals surface area contributed by atoms with E-state index in [9.17, 15) is 0 Å². The Balaban J connectivity index is 0.00000220. The first-order valence-corrected chi connectivity index (χ1v) is 6.84. The van der Waals surface area contributed by atoms with Gasteiger partial charge in [-0.3, -0.25) is 5.26 Å². The lowest BCUT2D eigenvalue weighted by Crippen LogP contribution is -2.40. The minimum Gasteiger partial charge on any atom is -0.376 e. The van der Waals surface area contributed by atoms with E-state index in [1.165, 1.54) is 0 Å². The molecule has 0 bridgehead atoms. The second-order valence-electron chi connectivity index (χ2n) is 5.91. The predicted octanol–water partition coefficient (Wildman–Crippen LogP) is 2.44. The van der Waals surface area contributed by atoms with Crippen LogP contribution in [0.25, 0.3) is 0 Å². The normalized spacial score (nSPS) is 32.3. The third-order valence-corrected chi connectivity index (χ3v) is 3.22. The van der Waals surface area contributed by atoms with Gasteiger partial charge in [-0.2, -0.15) is 0 Å². The molecule has 0 radical (unpaired) electrons. The SMILES string of the molecule is C.C.CC1(C)OCC(C2OC(C)(C)OC2COCCOO)O1. The van der Waals surface area contributed by atoms with Gasteiger partial charge < -0.3 is 23.7 Å². The number of hydrogen-bond donors (Lipinski definition) is 1. The molecule has 3 unspecified atom stereocenters. The van der Waals surface area contributed by atoms with Crippen LogP contribution in [0.4, 0.5) is 0 Å². The Morgan fingerprint density at radius 1 is 1.00 bits per heavy atom. The lowest BCUT2D eigenvalue weighted by Gasteiger charge is -2.23. The third kappa shape index (κ3) is 5.73. The van der Waals surface area contributed by atoms with E-state index in [2.05, 4.69) is 4.89 Å². The van der Waals surface area contributed by atoms with Gasteiger partial charge in [-0.05, 0) is 27.7 Å². The second-order valence-corrected chi connectivity index (χ2v) is 5.91. The number of hydrogen-bond acceptors (Lipinski definition) is 7. The summed E-state index contributed by atoms with van der Waals surface area (Å²) in [5.41, 5.74) is 0. The van der Waals surface area contributed by atoms with Crippen molar-refractivity contribution in [3.8, 4) is 0 Å². The quantitative estimate of drug-likeness (QED) is 0.457. The zero-order chi connectivity index (χ0) is 14.8. The minimum atomic E-state index is -0.678. The first-order valence-electron chi connectivity index (χ1n) is 6.84. The molecule has 134 valence electrons. The summed E-state index contributed by atoms with van der Waals surface area (Å²) in [6, 6.07) is 0. The van der Waals surface area contributed by atoms with Crippen LogP contribution < -0.4 is 0 Å². The van der Waals surface area contributed by atoms with Crippen molar-refractivity contribution in [3.63, 3.8) is 0 Å². The zero-order valence-corrected chi connectivity index (χ0v) is 12.5. The zero-order valence-electron chi connectivity index (χ0n) is 12.5. The summed E-state index contributed by atoms with van der Waals surface area (Å²) in [7, 11) is 0. The van der Waals surface area contributed by atoms with E-state index in [1.54, 1.807) is 0 Å². The molecule has 0 spiro atoms. The number of ether oxygens (including phenoxy) is 5. The summed E-state index contributed by atoms with van der Waals surface area (Å²) in [6.07, 6.45) is -0.678. The van der Waals surface area contributed by atoms with Crippen LogP contribution in [0.1, 0.15) is 42.5 Å². The van der Waals surface area contributed by atoms with Crippen LogP contribution in [0.15, 0.2) is 0 Å². The van der Waals surface area contributed by atoms with Crippen molar-refractivity contribution in [1.82, 2.24) is 0 Å². The van der Waals surface area contributed by atoms with Crippen LogP contribution in [0.3, 0.4) is 0 Å². The molecular formula is C15H32O7.